The van der Waals surface area contributed by atoms with E-state index >= 15 is 0 Å². The summed E-state index contributed by atoms with van der Waals surface area (Å²) in [6.07, 6.45) is 7.23. The lowest BCUT2D eigenvalue weighted by Crippen LogP contribution is -2.51. The van der Waals surface area contributed by atoms with Crippen molar-refractivity contribution in [3.63, 3.8) is 0 Å². The van der Waals surface area contributed by atoms with Crippen LogP contribution < -0.4 is 5.32 Å². The molecule has 1 aromatic rings. The van der Waals surface area contributed by atoms with E-state index in [9.17, 15) is 4.79 Å². The van der Waals surface area contributed by atoms with Crippen molar-refractivity contribution < 1.29 is 14.3 Å². The molecule has 5 nitrogen and oxygen atoms in total. The highest BCUT2D eigenvalue weighted by atomic mass is 32.2. The maximum absolute atomic E-state index is 12.5. The van der Waals surface area contributed by atoms with Crippen LogP contribution in [0.3, 0.4) is 0 Å². The Morgan fingerprint density at radius 3 is 3.00 bits per heavy atom. The molecule has 1 N–H and O–H groups in total. The van der Waals surface area contributed by atoms with Gasteiger partial charge < -0.3 is 14.8 Å². The number of amides is 1. The molecule has 22 heavy (non-hydrogen) atoms. The van der Waals surface area contributed by atoms with Crippen LogP contribution in [0.4, 0.5) is 0 Å². The van der Waals surface area contributed by atoms with Crippen LogP contribution >= 0.6 is 11.8 Å². The van der Waals surface area contributed by atoms with Gasteiger partial charge in [0, 0.05) is 32.1 Å². The summed E-state index contributed by atoms with van der Waals surface area (Å²) in [5.74, 6) is -0.0356. The predicted octanol–water partition coefficient (Wildman–Crippen LogP) is 2.26. The van der Waals surface area contributed by atoms with Gasteiger partial charge in [-0.25, -0.2) is 4.98 Å². The predicted molar refractivity (Wildman–Crippen MR) is 85.2 cm³/mol. The lowest BCUT2D eigenvalue weighted by molar-refractivity contribution is -0.139. The van der Waals surface area contributed by atoms with Crippen LogP contribution in [0, 0.1) is 0 Å². The van der Waals surface area contributed by atoms with Gasteiger partial charge in [0.2, 0.25) is 0 Å². The molecule has 1 unspecified atom stereocenters. The number of nitrogens with zero attached hydrogens (tertiary/aromatic N) is 1. The average molecular weight is 322 g/mol. The first-order chi connectivity index (χ1) is 10.7. The second kappa shape index (κ2) is 6.98. The Morgan fingerprint density at radius 1 is 1.41 bits per heavy atom. The lowest BCUT2D eigenvalue weighted by Gasteiger charge is -2.43. The molecule has 3 heterocycles. The van der Waals surface area contributed by atoms with Crippen molar-refractivity contribution in [3.05, 3.63) is 23.9 Å². The molecule has 0 radical (unpaired) electrons. The number of hydrogen-bond acceptors (Lipinski definition) is 5. The second-order valence-electron chi connectivity index (χ2n) is 5.87. The van der Waals surface area contributed by atoms with Crippen molar-refractivity contribution in [1.29, 1.82) is 0 Å². The van der Waals surface area contributed by atoms with Gasteiger partial charge in [0.05, 0.1) is 11.2 Å². The Balaban J connectivity index is 1.66. The van der Waals surface area contributed by atoms with Gasteiger partial charge in [0.1, 0.15) is 5.03 Å². The third-order valence-electron chi connectivity index (χ3n) is 4.44. The van der Waals surface area contributed by atoms with Crippen molar-refractivity contribution in [2.24, 2.45) is 0 Å². The van der Waals surface area contributed by atoms with Crippen LogP contribution in [0.5, 0.6) is 0 Å². The van der Waals surface area contributed by atoms with E-state index in [1.165, 1.54) is 11.8 Å². The summed E-state index contributed by atoms with van der Waals surface area (Å²) in [4.78, 5) is 16.8. The molecule has 1 aromatic heterocycles. The lowest BCUT2D eigenvalue weighted by atomic mass is 9.84. The SMILES string of the molecule is CSc1ncccc1C(=O)NC1CCOC2(CCOCC2)C1. The van der Waals surface area contributed by atoms with Crippen molar-refractivity contribution >= 4 is 17.7 Å². The molecule has 0 bridgehead atoms. The molecular formula is C16H22N2O3S. The number of hydrogen-bond donors (Lipinski definition) is 1. The molecule has 0 saturated carbocycles. The zero-order valence-corrected chi connectivity index (χ0v) is 13.7. The van der Waals surface area contributed by atoms with E-state index in [2.05, 4.69) is 10.3 Å². The normalized spacial score (nSPS) is 24.1. The molecule has 1 amide bonds. The minimum absolute atomic E-state index is 0.0356. The third-order valence-corrected chi connectivity index (χ3v) is 5.15. The Hall–Kier alpha value is -1.11. The topological polar surface area (TPSA) is 60.5 Å². The van der Waals surface area contributed by atoms with E-state index in [0.29, 0.717) is 12.2 Å². The number of carbonyl (C=O) groups excluding carboxylic acids is 1. The van der Waals surface area contributed by atoms with E-state index < -0.39 is 0 Å². The molecule has 2 aliphatic rings. The van der Waals surface area contributed by atoms with Gasteiger partial charge in [-0.3, -0.25) is 4.79 Å². The fraction of sp³-hybridized carbons (Fsp3) is 0.625. The van der Waals surface area contributed by atoms with Crippen LogP contribution in [-0.2, 0) is 9.47 Å². The highest BCUT2D eigenvalue weighted by molar-refractivity contribution is 7.98. The summed E-state index contributed by atoms with van der Waals surface area (Å²) in [6, 6.07) is 3.80. The number of rotatable bonds is 3. The number of thioether (sulfide) groups is 1. The highest BCUT2D eigenvalue weighted by Gasteiger charge is 2.39. The number of carbonyl (C=O) groups is 1. The van der Waals surface area contributed by atoms with Gasteiger partial charge in [-0.1, -0.05) is 0 Å². The first-order valence-electron chi connectivity index (χ1n) is 7.74. The summed E-state index contributed by atoms with van der Waals surface area (Å²) in [5, 5.41) is 3.94. The zero-order valence-electron chi connectivity index (χ0n) is 12.8. The Kier molecular flexibility index (Phi) is 5.00. The molecule has 120 valence electrons. The maximum atomic E-state index is 12.5. The Labute approximate surface area is 135 Å². The highest BCUT2D eigenvalue weighted by Crippen LogP contribution is 2.34. The average Bonchev–Trinajstić information content (AvgIpc) is 2.55. The quantitative estimate of drug-likeness (QED) is 0.865. The first kappa shape index (κ1) is 15.8. The second-order valence-corrected chi connectivity index (χ2v) is 6.66. The molecule has 3 rings (SSSR count). The third kappa shape index (κ3) is 3.45. The van der Waals surface area contributed by atoms with E-state index in [0.717, 1.165) is 43.9 Å². The van der Waals surface area contributed by atoms with Gasteiger partial charge in [0.25, 0.3) is 5.91 Å². The van der Waals surface area contributed by atoms with Gasteiger partial charge in [-0.2, -0.15) is 0 Å². The molecule has 2 saturated heterocycles. The number of aromatic nitrogens is 1. The Morgan fingerprint density at radius 2 is 2.23 bits per heavy atom. The minimum Gasteiger partial charge on any atom is -0.381 e. The molecular weight excluding hydrogens is 300 g/mol. The minimum atomic E-state index is -0.105. The molecule has 2 fully saturated rings. The van der Waals surface area contributed by atoms with E-state index in [4.69, 9.17) is 9.47 Å². The van der Waals surface area contributed by atoms with E-state index in [1.807, 2.05) is 12.3 Å². The molecule has 6 heteroatoms. The van der Waals surface area contributed by atoms with Crippen LogP contribution in [-0.4, -0.2) is 48.6 Å². The largest absolute Gasteiger partial charge is 0.381 e. The van der Waals surface area contributed by atoms with E-state index in [1.54, 1.807) is 12.3 Å². The zero-order chi connectivity index (χ0) is 15.4. The summed E-state index contributed by atoms with van der Waals surface area (Å²) < 4.78 is 11.5. The van der Waals surface area contributed by atoms with Gasteiger partial charge >= 0.3 is 0 Å². The number of ether oxygens (including phenoxy) is 2. The monoisotopic (exact) mass is 322 g/mol. The van der Waals surface area contributed by atoms with Crippen LogP contribution in [0.2, 0.25) is 0 Å². The van der Waals surface area contributed by atoms with Crippen molar-refractivity contribution in [2.45, 2.75) is 42.4 Å². The van der Waals surface area contributed by atoms with Crippen LogP contribution in [0.15, 0.2) is 23.4 Å². The maximum Gasteiger partial charge on any atom is 0.254 e. The summed E-state index contributed by atoms with van der Waals surface area (Å²) in [5.41, 5.74) is 0.550. The summed E-state index contributed by atoms with van der Waals surface area (Å²) in [7, 11) is 0. The fourth-order valence-electron chi connectivity index (χ4n) is 3.23. The van der Waals surface area contributed by atoms with Crippen molar-refractivity contribution in [2.75, 3.05) is 26.1 Å². The molecule has 1 atom stereocenters. The van der Waals surface area contributed by atoms with Gasteiger partial charge in [0.15, 0.2) is 0 Å². The Bertz CT molecular complexity index is 526. The van der Waals surface area contributed by atoms with Crippen LogP contribution in [0.1, 0.15) is 36.0 Å². The number of nitrogens with one attached hydrogen (secondary N) is 1. The molecule has 0 aliphatic carbocycles. The summed E-state index contributed by atoms with van der Waals surface area (Å²) in [6.45, 7) is 2.20. The molecule has 1 spiro atoms. The van der Waals surface area contributed by atoms with Gasteiger partial charge in [-0.15, -0.1) is 11.8 Å². The van der Waals surface area contributed by atoms with Crippen molar-refractivity contribution in [1.82, 2.24) is 10.3 Å². The van der Waals surface area contributed by atoms with Gasteiger partial charge in [-0.05, 0) is 44.1 Å². The molecule has 2 aliphatic heterocycles. The summed E-state index contributed by atoms with van der Waals surface area (Å²) >= 11 is 1.49. The first-order valence-corrected chi connectivity index (χ1v) is 8.96. The number of pyridine rings is 1. The fourth-order valence-corrected chi connectivity index (χ4v) is 3.78. The van der Waals surface area contributed by atoms with Crippen molar-refractivity contribution in [3.8, 4) is 0 Å². The smallest absolute Gasteiger partial charge is 0.254 e. The standard InChI is InChI=1S/C16H22N2O3S/c1-22-15-13(3-2-7-17-15)14(19)18-12-4-8-21-16(11-12)5-9-20-10-6-16/h2-3,7,12H,4-6,8-11H2,1H3,(H,18,19). The van der Waals surface area contributed by atoms with E-state index in [-0.39, 0.29) is 17.6 Å². The molecule has 0 aromatic carbocycles. The van der Waals surface area contributed by atoms with Crippen LogP contribution in [0.25, 0.3) is 0 Å².